The summed E-state index contributed by atoms with van der Waals surface area (Å²) in [6.07, 6.45) is 5.85. The maximum atomic E-state index is 12.8. The van der Waals surface area contributed by atoms with Gasteiger partial charge in [0.05, 0.1) is 17.1 Å². The third-order valence-electron chi connectivity index (χ3n) is 4.79. The number of hydrogen-bond donors (Lipinski definition) is 0. The molecule has 1 amide bonds. The smallest absolute Gasteiger partial charge is 0.242 e. The molecule has 1 saturated heterocycles. The first-order valence-corrected chi connectivity index (χ1v) is 8.41. The average molecular weight is 323 g/mol. The van der Waals surface area contributed by atoms with E-state index in [2.05, 4.69) is 10.1 Å². The van der Waals surface area contributed by atoms with E-state index in [4.69, 9.17) is 0 Å². The number of carbonyl (C=O) groups is 1. The molecule has 2 aromatic heterocycles. The van der Waals surface area contributed by atoms with Crippen molar-refractivity contribution in [2.45, 2.75) is 32.4 Å². The molecule has 0 bridgehead atoms. The van der Waals surface area contributed by atoms with Crippen molar-refractivity contribution in [1.82, 2.24) is 24.2 Å². The average Bonchev–Trinajstić information content (AvgIpc) is 3.24. The Bertz CT molecular complexity index is 852. The molecule has 24 heavy (non-hydrogen) atoms. The van der Waals surface area contributed by atoms with Gasteiger partial charge in [-0.15, -0.1) is 0 Å². The molecule has 6 heteroatoms. The molecule has 0 spiro atoms. The maximum Gasteiger partial charge on any atom is 0.242 e. The lowest BCUT2D eigenvalue weighted by atomic mass is 10.1. The van der Waals surface area contributed by atoms with E-state index < -0.39 is 0 Å². The van der Waals surface area contributed by atoms with Crippen LogP contribution in [0.4, 0.5) is 0 Å². The summed E-state index contributed by atoms with van der Waals surface area (Å²) in [5, 5.41) is 4.33. The quantitative estimate of drug-likeness (QED) is 0.744. The molecule has 124 valence electrons. The van der Waals surface area contributed by atoms with Crippen LogP contribution in [-0.2, 0) is 11.3 Å². The maximum absolute atomic E-state index is 12.8. The van der Waals surface area contributed by atoms with Crippen LogP contribution in [0.1, 0.15) is 24.7 Å². The number of para-hydroxylation sites is 2. The molecule has 0 N–H and O–H groups in total. The van der Waals surface area contributed by atoms with Gasteiger partial charge in [-0.25, -0.2) is 4.98 Å². The molecule has 0 unspecified atom stereocenters. The lowest BCUT2D eigenvalue weighted by Gasteiger charge is -2.33. The van der Waals surface area contributed by atoms with Gasteiger partial charge in [-0.05, 0) is 38.0 Å². The molecule has 1 atom stereocenters. The zero-order chi connectivity index (χ0) is 16.5. The van der Waals surface area contributed by atoms with E-state index in [0.717, 1.165) is 42.8 Å². The van der Waals surface area contributed by atoms with Crippen LogP contribution in [0.25, 0.3) is 11.0 Å². The Kier molecular flexibility index (Phi) is 3.80. The lowest BCUT2D eigenvalue weighted by Crippen LogP contribution is -2.42. The van der Waals surface area contributed by atoms with Gasteiger partial charge in [0.25, 0.3) is 0 Å². The van der Waals surface area contributed by atoms with Crippen LogP contribution in [0.3, 0.4) is 0 Å². The summed E-state index contributed by atoms with van der Waals surface area (Å²) >= 11 is 0. The highest BCUT2D eigenvalue weighted by Gasteiger charge is 2.25. The first kappa shape index (κ1) is 14.9. The van der Waals surface area contributed by atoms with Gasteiger partial charge >= 0.3 is 0 Å². The highest BCUT2D eigenvalue weighted by atomic mass is 16.2. The van der Waals surface area contributed by atoms with Gasteiger partial charge in [0.1, 0.15) is 12.4 Å². The largest absolute Gasteiger partial charge is 0.339 e. The number of amides is 1. The van der Waals surface area contributed by atoms with Gasteiger partial charge in [-0.3, -0.25) is 9.48 Å². The van der Waals surface area contributed by atoms with E-state index in [1.165, 1.54) is 0 Å². The Labute approximate surface area is 140 Å². The molecule has 0 aliphatic carbocycles. The molecule has 3 heterocycles. The monoisotopic (exact) mass is 323 g/mol. The molecule has 3 aromatic rings. The molecular weight excluding hydrogens is 302 g/mol. The van der Waals surface area contributed by atoms with Gasteiger partial charge < -0.3 is 9.47 Å². The lowest BCUT2D eigenvalue weighted by molar-refractivity contribution is -0.133. The van der Waals surface area contributed by atoms with Gasteiger partial charge in [0.2, 0.25) is 5.91 Å². The number of rotatable bonds is 3. The van der Waals surface area contributed by atoms with E-state index in [-0.39, 0.29) is 11.9 Å². The van der Waals surface area contributed by atoms with Gasteiger partial charge in [-0.1, -0.05) is 12.1 Å². The summed E-state index contributed by atoms with van der Waals surface area (Å²) in [5.74, 6) is 1.03. The fourth-order valence-corrected chi connectivity index (χ4v) is 3.52. The van der Waals surface area contributed by atoms with Crippen molar-refractivity contribution in [3.05, 3.63) is 48.5 Å². The zero-order valence-corrected chi connectivity index (χ0v) is 13.8. The van der Waals surface area contributed by atoms with Crippen LogP contribution < -0.4 is 0 Å². The molecule has 4 rings (SSSR count). The first-order chi connectivity index (χ1) is 11.7. The number of carbonyl (C=O) groups excluding carboxylic acids is 1. The van der Waals surface area contributed by atoms with Crippen molar-refractivity contribution in [3.63, 3.8) is 0 Å². The Morgan fingerprint density at radius 3 is 3.00 bits per heavy atom. The molecule has 0 saturated carbocycles. The highest BCUT2D eigenvalue weighted by Crippen LogP contribution is 2.22. The molecule has 1 aromatic carbocycles. The third kappa shape index (κ3) is 2.68. The third-order valence-corrected chi connectivity index (χ3v) is 4.79. The summed E-state index contributed by atoms with van der Waals surface area (Å²) in [6, 6.07) is 10.2. The summed E-state index contributed by atoms with van der Waals surface area (Å²) in [6.45, 7) is 3.85. The zero-order valence-electron chi connectivity index (χ0n) is 13.8. The number of benzene rings is 1. The molecule has 1 aliphatic heterocycles. The molecule has 1 fully saturated rings. The van der Waals surface area contributed by atoms with Gasteiger partial charge in [-0.2, -0.15) is 5.10 Å². The Hall–Kier alpha value is -2.63. The van der Waals surface area contributed by atoms with Crippen molar-refractivity contribution >= 4 is 16.9 Å². The van der Waals surface area contributed by atoms with Crippen molar-refractivity contribution in [1.29, 1.82) is 0 Å². The number of imidazole rings is 1. The number of aromatic nitrogens is 4. The first-order valence-electron chi connectivity index (χ1n) is 8.41. The van der Waals surface area contributed by atoms with Crippen molar-refractivity contribution in [3.8, 4) is 0 Å². The van der Waals surface area contributed by atoms with E-state index >= 15 is 0 Å². The van der Waals surface area contributed by atoms with Crippen LogP contribution in [0, 0.1) is 6.92 Å². The normalized spacial score (nSPS) is 18.2. The number of hydrogen-bond acceptors (Lipinski definition) is 3. The van der Waals surface area contributed by atoms with E-state index in [0.29, 0.717) is 6.54 Å². The summed E-state index contributed by atoms with van der Waals surface area (Å²) in [4.78, 5) is 19.3. The summed E-state index contributed by atoms with van der Waals surface area (Å²) < 4.78 is 3.98. The summed E-state index contributed by atoms with van der Waals surface area (Å²) in [7, 11) is 0. The SMILES string of the molecule is Cc1nc2ccccc2n1CC(=O)N1CCC[C@H](n2cccn2)C1. The van der Waals surface area contributed by atoms with Crippen LogP contribution >= 0.6 is 0 Å². The number of fused-ring (bicyclic) bond motifs is 1. The van der Waals surface area contributed by atoms with Crippen LogP contribution in [0.2, 0.25) is 0 Å². The number of likely N-dealkylation sites (tertiary alicyclic amines) is 1. The van der Waals surface area contributed by atoms with Crippen LogP contribution in [-0.4, -0.2) is 43.2 Å². The fourth-order valence-electron chi connectivity index (χ4n) is 3.52. The highest BCUT2D eigenvalue weighted by molar-refractivity contribution is 5.81. The summed E-state index contributed by atoms with van der Waals surface area (Å²) in [5.41, 5.74) is 1.96. The number of aryl methyl sites for hydroxylation is 1. The van der Waals surface area contributed by atoms with E-state index in [9.17, 15) is 4.79 Å². The molecule has 0 radical (unpaired) electrons. The Morgan fingerprint density at radius 2 is 2.17 bits per heavy atom. The van der Waals surface area contributed by atoms with E-state index in [1.54, 1.807) is 6.20 Å². The molecular formula is C18H21N5O. The second-order valence-corrected chi connectivity index (χ2v) is 6.36. The van der Waals surface area contributed by atoms with Gasteiger partial charge in [0, 0.05) is 25.5 Å². The Morgan fingerprint density at radius 1 is 1.29 bits per heavy atom. The Balaban J connectivity index is 1.52. The number of piperidine rings is 1. The second-order valence-electron chi connectivity index (χ2n) is 6.36. The fraction of sp³-hybridized carbons (Fsp3) is 0.389. The minimum absolute atomic E-state index is 0.151. The predicted molar refractivity (Wildman–Crippen MR) is 91.5 cm³/mol. The minimum atomic E-state index is 0.151. The second kappa shape index (κ2) is 6.11. The van der Waals surface area contributed by atoms with Crippen molar-refractivity contribution in [2.24, 2.45) is 0 Å². The minimum Gasteiger partial charge on any atom is -0.339 e. The van der Waals surface area contributed by atoms with Crippen molar-refractivity contribution < 1.29 is 4.79 Å². The number of nitrogens with zero attached hydrogens (tertiary/aromatic N) is 5. The van der Waals surface area contributed by atoms with Crippen LogP contribution in [0.15, 0.2) is 42.7 Å². The molecule has 1 aliphatic rings. The topological polar surface area (TPSA) is 56.0 Å². The van der Waals surface area contributed by atoms with Crippen molar-refractivity contribution in [2.75, 3.05) is 13.1 Å². The van der Waals surface area contributed by atoms with Crippen LogP contribution in [0.5, 0.6) is 0 Å². The standard InChI is InChI=1S/C18H21N5O/c1-14-20-16-7-2-3-8-17(16)22(14)13-18(24)21-10-4-6-15(12-21)23-11-5-9-19-23/h2-3,5,7-9,11,15H,4,6,10,12-13H2,1H3/t15-/m0/s1. The predicted octanol–water partition coefficient (Wildman–Crippen LogP) is 2.40. The van der Waals surface area contributed by atoms with Gasteiger partial charge in [0.15, 0.2) is 0 Å². The van der Waals surface area contributed by atoms with E-state index in [1.807, 2.05) is 57.6 Å². The molecule has 6 nitrogen and oxygen atoms in total.